The Bertz CT molecular complexity index is 2830. The van der Waals surface area contributed by atoms with Gasteiger partial charge in [0.05, 0.1) is 22.6 Å². The number of allylic oxidation sites excluding steroid dienone is 1. The van der Waals surface area contributed by atoms with Crippen LogP contribution in [0.5, 0.6) is 0 Å². The number of hydrogen-bond acceptors (Lipinski definition) is 4. The van der Waals surface area contributed by atoms with Crippen LogP contribution in [0.1, 0.15) is 23.7 Å². The Morgan fingerprint density at radius 2 is 1.31 bits per heavy atom. The van der Waals surface area contributed by atoms with E-state index < -0.39 is 0 Å². The lowest BCUT2D eigenvalue weighted by atomic mass is 10.1. The molecule has 5 aromatic carbocycles. The summed E-state index contributed by atoms with van der Waals surface area (Å²) in [7, 11) is 0. The lowest BCUT2D eigenvalue weighted by Crippen LogP contribution is -2.13. The maximum Gasteiger partial charge on any atom is 0.144 e. The molecule has 52 heavy (non-hydrogen) atoms. The number of nitrogens with zero attached hydrogens (tertiary/aromatic N) is 4. The van der Waals surface area contributed by atoms with Gasteiger partial charge in [-0.3, -0.25) is 9.47 Å². The SMILES string of the molecule is CCc1c(/C=C2\Cc3ccccc3N2c2cccc(-c3cccc4c3oc3ccccc34)n2)c2ccccc2n1-c1cccc(-c2ccccc2)n1. The number of fused-ring (bicyclic) bond motifs is 5. The van der Waals surface area contributed by atoms with Gasteiger partial charge in [0.15, 0.2) is 0 Å². The van der Waals surface area contributed by atoms with Crippen molar-refractivity contribution >= 4 is 50.4 Å². The van der Waals surface area contributed by atoms with Crippen molar-refractivity contribution in [3.63, 3.8) is 0 Å². The number of anilines is 2. The van der Waals surface area contributed by atoms with Crippen LogP contribution in [-0.4, -0.2) is 14.5 Å². The Kier molecular flexibility index (Phi) is 7.10. The highest BCUT2D eigenvalue weighted by Crippen LogP contribution is 2.43. The Balaban J connectivity index is 1.13. The van der Waals surface area contributed by atoms with Gasteiger partial charge < -0.3 is 4.42 Å². The third-order valence-electron chi connectivity index (χ3n) is 10.2. The first-order chi connectivity index (χ1) is 25.7. The average molecular weight is 671 g/mol. The summed E-state index contributed by atoms with van der Waals surface area (Å²) in [5.74, 6) is 1.79. The van der Waals surface area contributed by atoms with E-state index in [1.165, 1.54) is 27.9 Å². The zero-order valence-corrected chi connectivity index (χ0v) is 28.7. The van der Waals surface area contributed by atoms with E-state index in [0.29, 0.717) is 0 Å². The first kappa shape index (κ1) is 30.1. The monoisotopic (exact) mass is 670 g/mol. The normalized spacial score (nSPS) is 13.5. The fourth-order valence-corrected chi connectivity index (χ4v) is 7.91. The van der Waals surface area contributed by atoms with Gasteiger partial charge in [-0.15, -0.1) is 0 Å². The number of furan rings is 1. The van der Waals surface area contributed by atoms with E-state index in [2.05, 4.69) is 162 Å². The molecule has 10 rings (SSSR count). The molecule has 5 heterocycles. The van der Waals surface area contributed by atoms with Crippen LogP contribution >= 0.6 is 0 Å². The van der Waals surface area contributed by atoms with Gasteiger partial charge in [-0.2, -0.15) is 0 Å². The van der Waals surface area contributed by atoms with Gasteiger partial charge in [0.25, 0.3) is 0 Å². The summed E-state index contributed by atoms with van der Waals surface area (Å²) in [6.45, 7) is 2.23. The van der Waals surface area contributed by atoms with Crippen molar-refractivity contribution < 1.29 is 4.42 Å². The molecule has 1 aliphatic rings. The van der Waals surface area contributed by atoms with E-state index in [-0.39, 0.29) is 0 Å². The number of benzene rings is 5. The number of pyridine rings is 2. The first-order valence-electron chi connectivity index (χ1n) is 17.9. The largest absolute Gasteiger partial charge is 0.455 e. The summed E-state index contributed by atoms with van der Waals surface area (Å²) in [5.41, 5.74) is 12.8. The summed E-state index contributed by atoms with van der Waals surface area (Å²) in [6, 6.07) is 54.9. The van der Waals surface area contributed by atoms with Crippen molar-refractivity contribution in [2.24, 2.45) is 0 Å². The molecule has 0 spiro atoms. The van der Waals surface area contributed by atoms with E-state index in [0.717, 1.165) is 80.1 Å². The molecule has 9 aromatic rings. The number of aromatic nitrogens is 3. The fraction of sp³-hybridized carbons (Fsp3) is 0.0638. The van der Waals surface area contributed by atoms with E-state index in [1.54, 1.807) is 0 Å². The van der Waals surface area contributed by atoms with Crippen LogP contribution in [0.15, 0.2) is 168 Å². The minimum Gasteiger partial charge on any atom is -0.455 e. The third kappa shape index (κ3) is 4.85. The molecule has 248 valence electrons. The maximum absolute atomic E-state index is 6.42. The summed E-state index contributed by atoms with van der Waals surface area (Å²) in [6.07, 6.45) is 4.02. The standard InChI is InChI=1S/C47H34N4O/c1-2-41-38(34-18-7-10-25-43(34)51(41)46-28-13-22-39(48-46)31-15-4-3-5-16-31)30-33-29-32-17-6-9-24-42(32)50(33)45-27-14-23-40(49-45)37-21-12-20-36-35-19-8-11-26-44(35)52-47(36)37/h3-28,30H,2,29H2,1H3/b33-30+. The van der Waals surface area contributed by atoms with Crippen molar-refractivity contribution in [1.29, 1.82) is 0 Å². The molecule has 0 saturated carbocycles. The second-order valence-electron chi connectivity index (χ2n) is 13.3. The third-order valence-corrected chi connectivity index (χ3v) is 10.2. The predicted molar refractivity (Wildman–Crippen MR) is 213 cm³/mol. The molecule has 0 radical (unpaired) electrons. The molecule has 0 N–H and O–H groups in total. The molecule has 5 heteroatoms. The minimum absolute atomic E-state index is 0.797. The van der Waals surface area contributed by atoms with Crippen LogP contribution in [0.3, 0.4) is 0 Å². The predicted octanol–water partition coefficient (Wildman–Crippen LogP) is 12.0. The van der Waals surface area contributed by atoms with Crippen LogP contribution in [-0.2, 0) is 12.8 Å². The highest BCUT2D eigenvalue weighted by Gasteiger charge is 2.28. The van der Waals surface area contributed by atoms with Crippen molar-refractivity contribution in [2.45, 2.75) is 19.8 Å². The van der Waals surface area contributed by atoms with E-state index >= 15 is 0 Å². The summed E-state index contributed by atoms with van der Waals surface area (Å²) >= 11 is 0. The molecule has 5 nitrogen and oxygen atoms in total. The zero-order chi connectivity index (χ0) is 34.6. The Morgan fingerprint density at radius 3 is 2.19 bits per heavy atom. The van der Waals surface area contributed by atoms with Gasteiger partial charge in [-0.1, -0.05) is 116 Å². The second-order valence-corrected chi connectivity index (χ2v) is 13.3. The van der Waals surface area contributed by atoms with Gasteiger partial charge in [0, 0.05) is 50.7 Å². The van der Waals surface area contributed by atoms with E-state index in [9.17, 15) is 0 Å². The molecule has 4 aromatic heterocycles. The Morgan fingerprint density at radius 1 is 0.615 bits per heavy atom. The van der Waals surface area contributed by atoms with Gasteiger partial charge in [0.2, 0.25) is 0 Å². The highest BCUT2D eigenvalue weighted by molar-refractivity contribution is 6.09. The van der Waals surface area contributed by atoms with Crippen LogP contribution < -0.4 is 4.90 Å². The smallest absolute Gasteiger partial charge is 0.144 e. The summed E-state index contributed by atoms with van der Waals surface area (Å²) < 4.78 is 8.77. The van der Waals surface area contributed by atoms with Crippen LogP contribution in [0.2, 0.25) is 0 Å². The van der Waals surface area contributed by atoms with Gasteiger partial charge in [-0.25, -0.2) is 9.97 Å². The van der Waals surface area contributed by atoms with Crippen LogP contribution in [0.25, 0.3) is 67.3 Å². The summed E-state index contributed by atoms with van der Waals surface area (Å²) in [4.78, 5) is 12.9. The molecule has 0 bridgehead atoms. The first-order valence-corrected chi connectivity index (χ1v) is 17.9. The van der Waals surface area contributed by atoms with E-state index in [4.69, 9.17) is 14.4 Å². The minimum atomic E-state index is 0.797. The van der Waals surface area contributed by atoms with E-state index in [1.807, 2.05) is 18.2 Å². The molecule has 0 fully saturated rings. The molecular formula is C47H34N4O. The van der Waals surface area contributed by atoms with Crippen molar-refractivity contribution in [3.8, 4) is 28.3 Å². The highest BCUT2D eigenvalue weighted by atomic mass is 16.3. The molecule has 0 aliphatic carbocycles. The number of hydrogen-bond donors (Lipinski definition) is 0. The molecule has 0 amide bonds. The van der Waals surface area contributed by atoms with Gasteiger partial charge in [0.1, 0.15) is 22.8 Å². The zero-order valence-electron chi connectivity index (χ0n) is 28.7. The lowest BCUT2D eigenvalue weighted by molar-refractivity contribution is 0.670. The molecule has 0 atom stereocenters. The Hall–Kier alpha value is -6.72. The van der Waals surface area contributed by atoms with Crippen LogP contribution in [0, 0.1) is 0 Å². The molecule has 0 unspecified atom stereocenters. The van der Waals surface area contributed by atoms with Crippen molar-refractivity contribution in [2.75, 3.05) is 4.90 Å². The number of para-hydroxylation sites is 4. The molecule has 0 saturated heterocycles. The topological polar surface area (TPSA) is 47.1 Å². The lowest BCUT2D eigenvalue weighted by Gasteiger charge is -2.21. The summed E-state index contributed by atoms with van der Waals surface area (Å²) in [5, 5.41) is 3.41. The number of rotatable bonds is 6. The van der Waals surface area contributed by atoms with Crippen LogP contribution in [0.4, 0.5) is 11.5 Å². The molecular weight excluding hydrogens is 637 g/mol. The van der Waals surface area contributed by atoms with Gasteiger partial charge in [-0.05, 0) is 66.6 Å². The average Bonchev–Trinajstić information content (AvgIpc) is 3.88. The molecule has 1 aliphatic heterocycles. The quantitative estimate of drug-likeness (QED) is 0.177. The maximum atomic E-state index is 6.42. The van der Waals surface area contributed by atoms with Crippen molar-refractivity contribution in [3.05, 3.63) is 180 Å². The van der Waals surface area contributed by atoms with Crippen molar-refractivity contribution in [1.82, 2.24) is 14.5 Å². The van der Waals surface area contributed by atoms with Gasteiger partial charge >= 0.3 is 0 Å². The second kappa shape index (κ2) is 12.3. The fourth-order valence-electron chi connectivity index (χ4n) is 7.91. The Labute approximate surface area is 301 Å².